The van der Waals surface area contributed by atoms with Gasteiger partial charge in [-0.15, -0.1) is 0 Å². The third kappa shape index (κ3) is 3.26. The molecule has 3 fully saturated rings. The summed E-state index contributed by atoms with van der Waals surface area (Å²) in [5, 5.41) is 0. The zero-order valence-electron chi connectivity index (χ0n) is 12.8. The Morgan fingerprint density at radius 1 is 1.10 bits per heavy atom. The number of fused-ring (bicyclic) bond motifs is 1. The second-order valence-corrected chi connectivity index (χ2v) is 6.45. The highest BCUT2D eigenvalue weighted by Gasteiger charge is 2.36. The molecule has 20 heavy (non-hydrogen) atoms. The van der Waals surface area contributed by atoms with Crippen molar-refractivity contribution in [1.29, 1.82) is 0 Å². The van der Waals surface area contributed by atoms with Gasteiger partial charge in [-0.1, -0.05) is 31.9 Å². The van der Waals surface area contributed by atoms with Gasteiger partial charge in [0.15, 0.2) is 6.29 Å². The molecule has 3 rings (SSSR count). The second-order valence-electron chi connectivity index (χ2n) is 6.45. The molecular formula is C17H29NO2. The quantitative estimate of drug-likeness (QED) is 0.737. The van der Waals surface area contributed by atoms with Gasteiger partial charge in [-0.3, -0.25) is 4.90 Å². The molecule has 0 radical (unpaired) electrons. The van der Waals surface area contributed by atoms with E-state index < -0.39 is 0 Å². The molecule has 3 heterocycles. The third-order valence-electron chi connectivity index (χ3n) is 5.30. The van der Waals surface area contributed by atoms with E-state index in [1.165, 1.54) is 45.1 Å². The Hall–Kier alpha value is -0.380. The van der Waals surface area contributed by atoms with Gasteiger partial charge in [-0.25, -0.2) is 0 Å². The molecule has 3 atom stereocenters. The number of piperidine rings is 2. The Kier molecular flexibility index (Phi) is 5.14. The molecule has 3 aliphatic heterocycles. The van der Waals surface area contributed by atoms with E-state index in [0.717, 1.165) is 31.6 Å². The molecule has 3 nitrogen and oxygen atoms in total. The van der Waals surface area contributed by atoms with Crippen molar-refractivity contribution in [3.05, 3.63) is 12.2 Å². The molecule has 3 aliphatic rings. The SMILES string of the molecule is CC[C@@H]1CC[C@@H](/C=C/CC2OCCO2)N2CCCC[C@@H]12. The zero-order chi connectivity index (χ0) is 13.8. The fraction of sp³-hybridized carbons (Fsp3) is 0.882. The molecular weight excluding hydrogens is 250 g/mol. The summed E-state index contributed by atoms with van der Waals surface area (Å²) in [5.41, 5.74) is 0. The van der Waals surface area contributed by atoms with Gasteiger partial charge in [-0.05, 0) is 38.1 Å². The highest BCUT2D eigenvalue weighted by molar-refractivity contribution is 5.02. The predicted molar refractivity (Wildman–Crippen MR) is 80.6 cm³/mol. The Labute approximate surface area is 123 Å². The van der Waals surface area contributed by atoms with Crippen molar-refractivity contribution >= 4 is 0 Å². The molecule has 0 amide bonds. The molecule has 0 aliphatic carbocycles. The molecule has 0 bridgehead atoms. The van der Waals surface area contributed by atoms with Crippen molar-refractivity contribution in [3.63, 3.8) is 0 Å². The maximum atomic E-state index is 5.50. The van der Waals surface area contributed by atoms with E-state index in [-0.39, 0.29) is 6.29 Å². The lowest BCUT2D eigenvalue weighted by Gasteiger charge is -2.48. The average Bonchev–Trinajstić information content (AvgIpc) is 3.01. The summed E-state index contributed by atoms with van der Waals surface area (Å²) in [6, 6.07) is 1.50. The van der Waals surface area contributed by atoms with E-state index in [1.807, 2.05) is 0 Å². The van der Waals surface area contributed by atoms with E-state index in [4.69, 9.17) is 9.47 Å². The molecule has 3 heteroatoms. The van der Waals surface area contributed by atoms with E-state index in [0.29, 0.717) is 6.04 Å². The minimum Gasteiger partial charge on any atom is -0.350 e. The first kappa shape index (κ1) is 14.6. The summed E-state index contributed by atoms with van der Waals surface area (Å²) in [7, 11) is 0. The van der Waals surface area contributed by atoms with E-state index in [9.17, 15) is 0 Å². The largest absolute Gasteiger partial charge is 0.350 e. The highest BCUT2D eigenvalue weighted by Crippen LogP contribution is 2.36. The first-order chi connectivity index (χ1) is 9.88. The molecule has 0 spiro atoms. The number of nitrogens with zero attached hydrogens (tertiary/aromatic N) is 1. The van der Waals surface area contributed by atoms with Crippen LogP contribution >= 0.6 is 0 Å². The summed E-state index contributed by atoms with van der Waals surface area (Å²) in [6.45, 7) is 5.18. The van der Waals surface area contributed by atoms with Gasteiger partial charge in [0.25, 0.3) is 0 Å². The predicted octanol–water partition coefficient (Wildman–Crippen LogP) is 3.35. The lowest BCUT2D eigenvalue weighted by atomic mass is 9.79. The second kappa shape index (κ2) is 7.06. The van der Waals surface area contributed by atoms with Crippen LogP contribution in [0, 0.1) is 5.92 Å². The fourth-order valence-corrected chi connectivity index (χ4v) is 4.21. The molecule has 114 valence electrons. The van der Waals surface area contributed by atoms with Crippen molar-refractivity contribution < 1.29 is 9.47 Å². The topological polar surface area (TPSA) is 21.7 Å². The Balaban J connectivity index is 1.56. The number of ether oxygens (including phenoxy) is 2. The van der Waals surface area contributed by atoms with Crippen LogP contribution in [0.25, 0.3) is 0 Å². The van der Waals surface area contributed by atoms with Gasteiger partial charge in [-0.2, -0.15) is 0 Å². The van der Waals surface area contributed by atoms with Crippen molar-refractivity contribution in [3.8, 4) is 0 Å². The normalized spacial score (nSPS) is 36.5. The van der Waals surface area contributed by atoms with Crippen LogP contribution < -0.4 is 0 Å². The van der Waals surface area contributed by atoms with Crippen LogP contribution in [0.4, 0.5) is 0 Å². The molecule has 0 aromatic carbocycles. The van der Waals surface area contributed by atoms with Crippen molar-refractivity contribution in [1.82, 2.24) is 4.90 Å². The van der Waals surface area contributed by atoms with Crippen LogP contribution in [0.5, 0.6) is 0 Å². The minimum absolute atomic E-state index is 0.00961. The summed E-state index contributed by atoms with van der Waals surface area (Å²) in [6.07, 6.45) is 13.9. The minimum atomic E-state index is 0.00961. The van der Waals surface area contributed by atoms with Gasteiger partial charge in [0.05, 0.1) is 13.2 Å². The van der Waals surface area contributed by atoms with Crippen LogP contribution in [0.2, 0.25) is 0 Å². The van der Waals surface area contributed by atoms with Crippen LogP contribution in [-0.2, 0) is 9.47 Å². The van der Waals surface area contributed by atoms with Crippen LogP contribution in [0.1, 0.15) is 51.9 Å². The zero-order valence-corrected chi connectivity index (χ0v) is 12.8. The van der Waals surface area contributed by atoms with Crippen molar-refractivity contribution in [2.24, 2.45) is 5.92 Å². The fourth-order valence-electron chi connectivity index (χ4n) is 4.21. The lowest BCUT2D eigenvalue weighted by Crippen LogP contribution is -2.52. The van der Waals surface area contributed by atoms with E-state index >= 15 is 0 Å². The average molecular weight is 279 g/mol. The Morgan fingerprint density at radius 2 is 1.95 bits per heavy atom. The van der Waals surface area contributed by atoms with Crippen LogP contribution in [0.15, 0.2) is 12.2 Å². The highest BCUT2D eigenvalue weighted by atomic mass is 16.7. The van der Waals surface area contributed by atoms with Crippen LogP contribution in [-0.4, -0.2) is 43.0 Å². The standard InChI is InChI=1S/C17H29NO2/c1-2-14-9-10-15(18-11-4-3-7-16(14)18)6-5-8-17-19-12-13-20-17/h5-6,14-17H,2-4,7-13H2,1H3/b6-5+/t14-,15-,16+/m1/s1. The molecule has 0 N–H and O–H groups in total. The monoisotopic (exact) mass is 279 g/mol. The lowest BCUT2D eigenvalue weighted by molar-refractivity contribution is -0.0382. The van der Waals surface area contributed by atoms with Crippen molar-refractivity contribution in [2.45, 2.75) is 70.2 Å². The maximum Gasteiger partial charge on any atom is 0.161 e. The van der Waals surface area contributed by atoms with E-state index in [2.05, 4.69) is 24.0 Å². The first-order valence-electron chi connectivity index (χ1n) is 8.54. The number of hydrogen-bond acceptors (Lipinski definition) is 3. The molecule has 0 saturated carbocycles. The molecule has 0 aromatic rings. The summed E-state index contributed by atoms with van der Waals surface area (Å²) >= 11 is 0. The van der Waals surface area contributed by atoms with E-state index in [1.54, 1.807) is 0 Å². The van der Waals surface area contributed by atoms with Crippen molar-refractivity contribution in [2.75, 3.05) is 19.8 Å². The number of rotatable bonds is 4. The molecule has 0 unspecified atom stereocenters. The Bertz CT molecular complexity index is 325. The third-order valence-corrected chi connectivity index (χ3v) is 5.30. The van der Waals surface area contributed by atoms with Gasteiger partial charge in [0, 0.05) is 18.5 Å². The smallest absolute Gasteiger partial charge is 0.161 e. The first-order valence-corrected chi connectivity index (χ1v) is 8.54. The summed E-state index contributed by atoms with van der Waals surface area (Å²) in [5.74, 6) is 0.932. The summed E-state index contributed by atoms with van der Waals surface area (Å²) < 4.78 is 11.0. The van der Waals surface area contributed by atoms with Gasteiger partial charge in [0.2, 0.25) is 0 Å². The number of hydrogen-bond donors (Lipinski definition) is 0. The maximum absolute atomic E-state index is 5.50. The molecule has 3 saturated heterocycles. The van der Waals surface area contributed by atoms with Crippen LogP contribution in [0.3, 0.4) is 0 Å². The van der Waals surface area contributed by atoms with Gasteiger partial charge >= 0.3 is 0 Å². The summed E-state index contributed by atoms with van der Waals surface area (Å²) in [4.78, 5) is 2.79. The van der Waals surface area contributed by atoms with Gasteiger partial charge < -0.3 is 9.47 Å². The molecule has 0 aromatic heterocycles. The van der Waals surface area contributed by atoms with Gasteiger partial charge in [0.1, 0.15) is 0 Å². The Morgan fingerprint density at radius 3 is 2.75 bits per heavy atom.